The van der Waals surface area contributed by atoms with Gasteiger partial charge >= 0.3 is 0 Å². The van der Waals surface area contributed by atoms with Gasteiger partial charge in [-0.1, -0.05) is 6.42 Å². The second-order valence-corrected chi connectivity index (χ2v) is 7.78. The van der Waals surface area contributed by atoms with Crippen molar-refractivity contribution >= 4 is 5.91 Å². The Morgan fingerprint density at radius 1 is 1.19 bits per heavy atom. The Kier molecular flexibility index (Phi) is 5.14. The van der Waals surface area contributed by atoms with E-state index in [1.165, 1.54) is 19.3 Å². The molecule has 1 saturated heterocycles. The van der Waals surface area contributed by atoms with E-state index in [4.69, 9.17) is 9.15 Å². The summed E-state index contributed by atoms with van der Waals surface area (Å²) in [4.78, 5) is 23.2. The summed E-state index contributed by atoms with van der Waals surface area (Å²) >= 11 is 0. The maximum Gasteiger partial charge on any atom is 0.257 e. The molecule has 1 aliphatic carbocycles. The number of piperidine rings is 1. The number of likely N-dealkylation sites (tertiary alicyclic amines) is 1. The van der Waals surface area contributed by atoms with Crippen LogP contribution in [0.15, 0.2) is 22.9 Å². The van der Waals surface area contributed by atoms with Gasteiger partial charge in [-0.3, -0.25) is 4.79 Å². The fourth-order valence-electron chi connectivity index (χ4n) is 3.88. The highest BCUT2D eigenvalue weighted by Crippen LogP contribution is 2.35. The van der Waals surface area contributed by atoms with Crippen molar-refractivity contribution in [2.24, 2.45) is 5.92 Å². The minimum absolute atomic E-state index is 0.0738. The van der Waals surface area contributed by atoms with Crippen molar-refractivity contribution in [2.45, 2.75) is 51.9 Å². The van der Waals surface area contributed by atoms with E-state index in [0.717, 1.165) is 37.4 Å². The van der Waals surface area contributed by atoms with E-state index in [0.29, 0.717) is 35.6 Å². The molecule has 0 N–H and O–H groups in total. The topological polar surface area (TPSA) is 68.5 Å². The van der Waals surface area contributed by atoms with Crippen molar-refractivity contribution in [3.63, 3.8) is 0 Å². The van der Waals surface area contributed by atoms with E-state index in [2.05, 4.69) is 9.97 Å². The molecule has 6 heteroatoms. The number of ether oxygens (including phenoxy) is 1. The lowest BCUT2D eigenvalue weighted by Crippen LogP contribution is -2.39. The van der Waals surface area contributed by atoms with Crippen LogP contribution in [-0.2, 0) is 0 Å². The molecule has 1 saturated carbocycles. The Hall–Kier alpha value is -2.37. The molecule has 0 atom stereocenters. The van der Waals surface area contributed by atoms with Crippen molar-refractivity contribution in [1.29, 1.82) is 0 Å². The van der Waals surface area contributed by atoms with E-state index >= 15 is 0 Å². The van der Waals surface area contributed by atoms with Crippen molar-refractivity contribution in [3.8, 4) is 5.88 Å². The summed E-state index contributed by atoms with van der Waals surface area (Å²) in [5.74, 6) is 3.27. The highest BCUT2D eigenvalue weighted by atomic mass is 16.5. The molecule has 27 heavy (non-hydrogen) atoms. The lowest BCUT2D eigenvalue weighted by atomic mass is 9.83. The summed E-state index contributed by atoms with van der Waals surface area (Å²) < 4.78 is 11.4. The number of rotatable bonds is 5. The molecule has 4 rings (SSSR count). The van der Waals surface area contributed by atoms with Crippen LogP contribution in [-0.4, -0.2) is 40.5 Å². The first-order valence-corrected chi connectivity index (χ1v) is 9.91. The van der Waals surface area contributed by atoms with Gasteiger partial charge in [-0.15, -0.1) is 0 Å². The van der Waals surface area contributed by atoms with E-state index < -0.39 is 0 Å². The highest BCUT2D eigenvalue weighted by molar-refractivity contribution is 5.95. The van der Waals surface area contributed by atoms with E-state index in [1.54, 1.807) is 6.33 Å². The van der Waals surface area contributed by atoms with Gasteiger partial charge in [0, 0.05) is 25.1 Å². The van der Waals surface area contributed by atoms with Gasteiger partial charge in [-0.2, -0.15) is 0 Å². The number of hydrogen-bond donors (Lipinski definition) is 0. The molecule has 2 aliphatic rings. The largest absolute Gasteiger partial charge is 0.477 e. The van der Waals surface area contributed by atoms with Crippen LogP contribution in [0.5, 0.6) is 5.88 Å². The molecule has 0 spiro atoms. The van der Waals surface area contributed by atoms with Crippen LogP contribution in [0, 0.1) is 19.8 Å². The van der Waals surface area contributed by atoms with Crippen LogP contribution in [0.2, 0.25) is 0 Å². The van der Waals surface area contributed by atoms with Crippen molar-refractivity contribution in [1.82, 2.24) is 14.9 Å². The molecule has 1 aliphatic heterocycles. The molecular formula is C21H27N3O3. The zero-order valence-electron chi connectivity index (χ0n) is 16.1. The third-order valence-electron chi connectivity index (χ3n) is 5.83. The first-order valence-electron chi connectivity index (χ1n) is 9.91. The fraction of sp³-hybridized carbons (Fsp3) is 0.571. The van der Waals surface area contributed by atoms with Gasteiger partial charge in [0.1, 0.15) is 17.8 Å². The molecule has 6 nitrogen and oxygen atoms in total. The molecule has 3 heterocycles. The van der Waals surface area contributed by atoms with Gasteiger partial charge in [0.05, 0.1) is 17.9 Å². The zero-order valence-corrected chi connectivity index (χ0v) is 16.1. The maximum absolute atomic E-state index is 12.7. The van der Waals surface area contributed by atoms with Crippen LogP contribution >= 0.6 is 0 Å². The summed E-state index contributed by atoms with van der Waals surface area (Å²) in [5, 5.41) is 0. The number of aromatic nitrogens is 2. The second-order valence-electron chi connectivity index (χ2n) is 7.78. The quantitative estimate of drug-likeness (QED) is 0.800. The molecule has 2 aromatic rings. The summed E-state index contributed by atoms with van der Waals surface area (Å²) in [6.45, 7) is 5.88. The first kappa shape index (κ1) is 18.0. The average Bonchev–Trinajstić information content (AvgIpc) is 2.97. The fourth-order valence-corrected chi connectivity index (χ4v) is 3.88. The number of nitrogens with zero attached hydrogens (tertiary/aromatic N) is 3. The zero-order chi connectivity index (χ0) is 18.8. The monoisotopic (exact) mass is 369 g/mol. The third kappa shape index (κ3) is 3.99. The molecule has 144 valence electrons. The molecule has 0 bridgehead atoms. The number of furan rings is 1. The molecule has 0 radical (unpaired) electrons. The third-order valence-corrected chi connectivity index (χ3v) is 5.83. The van der Waals surface area contributed by atoms with Crippen molar-refractivity contribution < 1.29 is 13.9 Å². The number of aryl methyl sites for hydroxylation is 2. The average molecular weight is 369 g/mol. The van der Waals surface area contributed by atoms with Gasteiger partial charge in [-0.25, -0.2) is 9.97 Å². The predicted octanol–water partition coefficient (Wildman–Crippen LogP) is 3.89. The molecule has 0 unspecified atom stereocenters. The molecule has 0 aromatic carbocycles. The smallest absolute Gasteiger partial charge is 0.257 e. The predicted molar refractivity (Wildman–Crippen MR) is 101 cm³/mol. The number of amides is 1. The Morgan fingerprint density at radius 2 is 1.96 bits per heavy atom. The Bertz CT molecular complexity index is 805. The summed E-state index contributed by atoms with van der Waals surface area (Å²) in [5.41, 5.74) is 1.80. The van der Waals surface area contributed by atoms with E-state index in [9.17, 15) is 4.79 Å². The number of carbonyl (C=O) groups is 1. The van der Waals surface area contributed by atoms with Gasteiger partial charge in [0.15, 0.2) is 0 Å². The van der Waals surface area contributed by atoms with Gasteiger partial charge in [0.25, 0.3) is 5.91 Å². The van der Waals surface area contributed by atoms with Gasteiger partial charge < -0.3 is 14.1 Å². The lowest BCUT2D eigenvalue weighted by Gasteiger charge is -2.31. The molecular weight excluding hydrogens is 342 g/mol. The standard InChI is InChI=1S/C21H27N3O3/c1-14-10-18(15(2)27-14)21(25)24-8-6-16(7-9-24)12-26-20-11-19(22-13-23-20)17-4-3-5-17/h10-11,13,16-17H,3-9,12H2,1-2H3. The van der Waals surface area contributed by atoms with Crippen LogP contribution < -0.4 is 4.74 Å². The number of hydrogen-bond acceptors (Lipinski definition) is 5. The van der Waals surface area contributed by atoms with Crippen LogP contribution in [0.1, 0.15) is 65.6 Å². The summed E-state index contributed by atoms with van der Waals surface area (Å²) in [6.07, 6.45) is 7.24. The minimum Gasteiger partial charge on any atom is -0.477 e. The van der Waals surface area contributed by atoms with E-state index in [1.807, 2.05) is 30.9 Å². The highest BCUT2D eigenvalue weighted by Gasteiger charge is 2.26. The molecule has 2 aromatic heterocycles. The Morgan fingerprint density at radius 3 is 2.59 bits per heavy atom. The molecule has 1 amide bonds. The van der Waals surface area contributed by atoms with Crippen LogP contribution in [0.25, 0.3) is 0 Å². The summed E-state index contributed by atoms with van der Waals surface area (Å²) in [7, 11) is 0. The first-order chi connectivity index (χ1) is 13.1. The normalized spacial score (nSPS) is 18.4. The maximum atomic E-state index is 12.7. The minimum atomic E-state index is 0.0738. The van der Waals surface area contributed by atoms with E-state index in [-0.39, 0.29) is 5.91 Å². The SMILES string of the molecule is Cc1cc(C(=O)N2CCC(COc3cc(C4CCC4)ncn3)CC2)c(C)o1. The van der Waals surface area contributed by atoms with Crippen molar-refractivity contribution in [3.05, 3.63) is 41.2 Å². The Balaban J connectivity index is 1.27. The number of carbonyl (C=O) groups excluding carboxylic acids is 1. The Labute approximate surface area is 159 Å². The van der Waals surface area contributed by atoms with Crippen LogP contribution in [0.3, 0.4) is 0 Å². The van der Waals surface area contributed by atoms with Crippen molar-refractivity contribution in [2.75, 3.05) is 19.7 Å². The second kappa shape index (κ2) is 7.71. The van der Waals surface area contributed by atoms with Crippen LogP contribution in [0.4, 0.5) is 0 Å². The lowest BCUT2D eigenvalue weighted by molar-refractivity contribution is 0.0657. The van der Waals surface area contributed by atoms with Gasteiger partial charge in [-0.05, 0) is 51.5 Å². The van der Waals surface area contributed by atoms with Gasteiger partial charge in [0.2, 0.25) is 5.88 Å². The molecule has 2 fully saturated rings. The summed E-state index contributed by atoms with van der Waals surface area (Å²) in [6, 6.07) is 3.83.